The van der Waals surface area contributed by atoms with Crippen molar-refractivity contribution in [2.45, 2.75) is 177 Å². The lowest BCUT2D eigenvalue weighted by Crippen LogP contribution is -2.66. The Hall–Kier alpha value is -1.61. The van der Waals surface area contributed by atoms with E-state index >= 15 is 0 Å². The fraction of sp³-hybridized carbons (Fsp3) is 0.868. The molecule has 5 fully saturated rings. The minimum Gasteiger partial charge on any atom is -0.432 e. The summed E-state index contributed by atoms with van der Waals surface area (Å²) in [5, 5.41) is 95.6. The average molecular weight is 775 g/mol. The van der Waals surface area contributed by atoms with E-state index < -0.39 is 116 Å². The van der Waals surface area contributed by atoms with Crippen molar-refractivity contribution >= 4 is 5.97 Å². The zero-order valence-electron chi connectivity index (χ0n) is 31.8. The molecule has 3 heterocycles. The van der Waals surface area contributed by atoms with Gasteiger partial charge >= 0.3 is 5.97 Å². The highest BCUT2D eigenvalue weighted by Crippen LogP contribution is 2.62. The van der Waals surface area contributed by atoms with Crippen molar-refractivity contribution in [3.63, 3.8) is 0 Å². The maximum absolute atomic E-state index is 14.2. The molecule has 0 amide bonds. The smallest absolute Gasteiger partial charge is 0.314 e. The van der Waals surface area contributed by atoms with Gasteiger partial charge in [-0.05, 0) is 83.5 Å². The van der Waals surface area contributed by atoms with Crippen LogP contribution >= 0.6 is 0 Å². The molecule has 54 heavy (non-hydrogen) atoms. The summed E-state index contributed by atoms with van der Waals surface area (Å²) in [7, 11) is 0. The van der Waals surface area contributed by atoms with Crippen molar-refractivity contribution < 1.29 is 79.2 Å². The van der Waals surface area contributed by atoms with E-state index in [-0.39, 0.29) is 17.3 Å². The number of esters is 1. The van der Waals surface area contributed by atoms with Crippen LogP contribution in [-0.4, -0.2) is 156 Å². The van der Waals surface area contributed by atoms with Crippen LogP contribution in [0.3, 0.4) is 0 Å². The molecule has 0 bridgehead atoms. The predicted octanol–water partition coefficient (Wildman–Crippen LogP) is -0.471. The first-order valence-corrected chi connectivity index (χ1v) is 19.1. The number of carbonyl (C=O) groups is 1. The number of fused-ring (bicyclic) bond motifs is 1. The molecule has 310 valence electrons. The molecule has 3 aliphatic heterocycles. The number of allylic oxidation sites excluding steroid dienone is 1. The maximum atomic E-state index is 14.2. The molecular formula is C38H62O16. The third kappa shape index (κ3) is 8.21. The SMILES string of the molecule is C=C[C@](C)(O)CC[C@H]1C(=C)CC[C@@H]2[C@]1(C)CCC[C@@]2(C)C(=O)O[C@@H]1O[C@@H](C)[C@H](O[C@@H]2O[C@H](CO)[C@@H](O)[C@H](O)[C@H]2O[C@@H]2O[C@@H](C)[C@H](O)[C@@H](O)[C@H]2O)[C@@H](O)[C@H]1O. The van der Waals surface area contributed by atoms with Crippen molar-refractivity contribution in [2.24, 2.45) is 22.7 Å². The Morgan fingerprint density at radius 2 is 1.46 bits per heavy atom. The number of hydrogen-bond acceptors (Lipinski definition) is 16. The van der Waals surface area contributed by atoms with E-state index in [0.717, 1.165) is 18.4 Å². The van der Waals surface area contributed by atoms with Crippen LogP contribution in [-0.2, 0) is 33.2 Å². The molecule has 0 unspecified atom stereocenters. The van der Waals surface area contributed by atoms with Crippen LogP contribution in [0.2, 0.25) is 0 Å². The lowest BCUT2D eigenvalue weighted by Gasteiger charge is -2.58. The fourth-order valence-corrected chi connectivity index (χ4v) is 9.54. The zero-order chi connectivity index (χ0) is 40.1. The van der Waals surface area contributed by atoms with E-state index in [2.05, 4.69) is 20.1 Å². The molecule has 0 aromatic heterocycles. The third-order valence-corrected chi connectivity index (χ3v) is 13.1. The molecule has 5 aliphatic rings. The number of rotatable bonds is 11. The van der Waals surface area contributed by atoms with E-state index in [1.807, 2.05) is 6.92 Å². The number of aliphatic hydroxyl groups excluding tert-OH is 8. The molecule has 16 nitrogen and oxygen atoms in total. The summed E-state index contributed by atoms with van der Waals surface area (Å²) < 4.78 is 34.8. The zero-order valence-corrected chi connectivity index (χ0v) is 31.8. The van der Waals surface area contributed by atoms with Gasteiger partial charge in [-0.25, -0.2) is 0 Å². The molecule has 20 atom stereocenters. The Morgan fingerprint density at radius 1 is 0.852 bits per heavy atom. The number of carbonyl (C=O) groups excluding carboxylic acids is 1. The number of aliphatic hydroxyl groups is 9. The van der Waals surface area contributed by atoms with Crippen molar-refractivity contribution in [3.05, 3.63) is 24.8 Å². The van der Waals surface area contributed by atoms with Crippen LogP contribution in [0.15, 0.2) is 24.8 Å². The Balaban J connectivity index is 1.29. The largest absolute Gasteiger partial charge is 0.432 e. The second-order valence-corrected chi connectivity index (χ2v) is 16.9. The highest BCUT2D eigenvalue weighted by Gasteiger charge is 2.59. The van der Waals surface area contributed by atoms with Gasteiger partial charge in [0.05, 0.1) is 29.8 Å². The van der Waals surface area contributed by atoms with Gasteiger partial charge in [0, 0.05) is 0 Å². The minimum absolute atomic E-state index is 0.0549. The summed E-state index contributed by atoms with van der Waals surface area (Å²) in [6.07, 6.45) is -17.1. The number of ether oxygens (including phenoxy) is 6. The van der Waals surface area contributed by atoms with E-state index in [0.29, 0.717) is 32.1 Å². The van der Waals surface area contributed by atoms with Gasteiger partial charge in [-0.1, -0.05) is 31.6 Å². The second-order valence-electron chi connectivity index (χ2n) is 16.9. The molecule has 0 aromatic carbocycles. The normalized spacial score (nSPS) is 49.7. The minimum atomic E-state index is -1.81. The van der Waals surface area contributed by atoms with E-state index in [9.17, 15) is 50.8 Å². The summed E-state index contributed by atoms with van der Waals surface area (Å²) in [6, 6.07) is 0. The van der Waals surface area contributed by atoms with Crippen LogP contribution in [0.5, 0.6) is 0 Å². The molecule has 0 radical (unpaired) electrons. The first kappa shape index (κ1) is 43.5. The highest BCUT2D eigenvalue weighted by molar-refractivity contribution is 5.77. The molecule has 2 aliphatic carbocycles. The van der Waals surface area contributed by atoms with Gasteiger partial charge in [-0.3, -0.25) is 4.79 Å². The quantitative estimate of drug-likeness (QED) is 0.0950. The summed E-state index contributed by atoms with van der Waals surface area (Å²) in [4.78, 5) is 14.2. The summed E-state index contributed by atoms with van der Waals surface area (Å²) in [5.74, 6) is -0.625. The molecule has 0 spiro atoms. The van der Waals surface area contributed by atoms with Crippen LogP contribution < -0.4 is 0 Å². The van der Waals surface area contributed by atoms with Gasteiger partial charge in [-0.2, -0.15) is 0 Å². The first-order valence-electron chi connectivity index (χ1n) is 19.1. The number of hydrogen-bond donors (Lipinski definition) is 9. The van der Waals surface area contributed by atoms with Gasteiger partial charge in [0.2, 0.25) is 6.29 Å². The monoisotopic (exact) mass is 774 g/mol. The van der Waals surface area contributed by atoms with Crippen LogP contribution in [0.1, 0.15) is 79.6 Å². The van der Waals surface area contributed by atoms with Crippen LogP contribution in [0, 0.1) is 22.7 Å². The van der Waals surface area contributed by atoms with Gasteiger partial charge in [0.15, 0.2) is 12.6 Å². The van der Waals surface area contributed by atoms with Gasteiger partial charge in [-0.15, -0.1) is 6.58 Å². The van der Waals surface area contributed by atoms with E-state index in [1.54, 1.807) is 6.92 Å². The third-order valence-electron chi connectivity index (χ3n) is 13.1. The molecule has 0 aromatic rings. The van der Waals surface area contributed by atoms with Crippen molar-refractivity contribution in [1.82, 2.24) is 0 Å². The Morgan fingerprint density at radius 3 is 2.11 bits per heavy atom. The Bertz CT molecular complexity index is 1330. The predicted molar refractivity (Wildman–Crippen MR) is 188 cm³/mol. The van der Waals surface area contributed by atoms with Crippen molar-refractivity contribution in [2.75, 3.05) is 6.61 Å². The summed E-state index contributed by atoms with van der Waals surface area (Å²) in [5.41, 5.74) is -1.21. The van der Waals surface area contributed by atoms with Crippen molar-refractivity contribution in [3.8, 4) is 0 Å². The van der Waals surface area contributed by atoms with Gasteiger partial charge in [0.25, 0.3) is 0 Å². The summed E-state index contributed by atoms with van der Waals surface area (Å²) in [6.45, 7) is 16.1. The lowest BCUT2D eigenvalue weighted by molar-refractivity contribution is -0.384. The van der Waals surface area contributed by atoms with E-state index in [1.165, 1.54) is 19.9 Å². The molecule has 16 heteroatoms. The Kier molecular flexibility index (Phi) is 13.5. The Labute approximate surface area is 316 Å². The fourth-order valence-electron chi connectivity index (χ4n) is 9.54. The van der Waals surface area contributed by atoms with Gasteiger partial charge < -0.3 is 74.4 Å². The lowest BCUT2D eigenvalue weighted by atomic mass is 9.46. The molecule has 3 saturated heterocycles. The average Bonchev–Trinajstić information content (AvgIpc) is 3.12. The molecule has 5 rings (SSSR count). The molecular weight excluding hydrogens is 712 g/mol. The van der Waals surface area contributed by atoms with Crippen molar-refractivity contribution in [1.29, 1.82) is 0 Å². The standard InChI is InChI=1S/C38H62O16/c1-8-36(5,48)15-12-20-17(2)10-11-22-37(20,6)13-9-14-38(22,7)35(47)54-33-29(46)27(44)30(19(4)50-33)52-34-31(26(43)24(41)21(16-39)51-34)53-32-28(45)25(42)23(40)18(3)49-32/h8,18-34,39-46,48H,1-2,9-16H2,3-7H3/t18-,19-,20-,21+,22+,23-,24+,25+,26-,27-,28+,29+,30-,31+,32-,33-,34-,36-,37+,38+/m0/s1. The van der Waals surface area contributed by atoms with E-state index in [4.69, 9.17) is 28.4 Å². The second kappa shape index (κ2) is 16.7. The maximum Gasteiger partial charge on any atom is 0.314 e. The first-order chi connectivity index (χ1) is 25.2. The molecule has 2 saturated carbocycles. The van der Waals surface area contributed by atoms with Gasteiger partial charge in [0.1, 0.15) is 61.0 Å². The highest BCUT2D eigenvalue weighted by atomic mass is 16.8. The topological polar surface area (TPSA) is 255 Å². The molecule has 9 N–H and O–H groups in total. The van der Waals surface area contributed by atoms with Crippen LogP contribution in [0.4, 0.5) is 0 Å². The summed E-state index contributed by atoms with van der Waals surface area (Å²) >= 11 is 0. The van der Waals surface area contributed by atoms with Crippen LogP contribution in [0.25, 0.3) is 0 Å².